The molecule has 0 aliphatic heterocycles. The molecule has 2 aliphatic rings. The molecule has 0 spiro atoms. The highest BCUT2D eigenvalue weighted by Gasteiger charge is 2.38. The summed E-state index contributed by atoms with van der Waals surface area (Å²) in [4.78, 5) is 11.5. The van der Waals surface area contributed by atoms with Crippen molar-refractivity contribution in [1.29, 1.82) is 0 Å². The Labute approximate surface area is 124 Å². The third-order valence-electron chi connectivity index (χ3n) is 4.74. The first-order valence-electron chi connectivity index (χ1n) is 7.41. The van der Waals surface area contributed by atoms with Gasteiger partial charge in [0.25, 0.3) is 0 Å². The maximum atomic E-state index is 13.6. The predicted octanol–water partition coefficient (Wildman–Crippen LogP) is 3.62. The molecule has 4 atom stereocenters. The molecule has 1 aromatic rings. The lowest BCUT2D eigenvalue weighted by Crippen LogP contribution is -2.28. The smallest absolute Gasteiger partial charge is 0.340 e. The number of fused-ring (bicyclic) bond motifs is 2. The van der Waals surface area contributed by atoms with Gasteiger partial charge in [0.05, 0.1) is 12.7 Å². The summed E-state index contributed by atoms with van der Waals surface area (Å²) < 4.78 is 18.2. The van der Waals surface area contributed by atoms with Gasteiger partial charge in [-0.25, -0.2) is 9.18 Å². The van der Waals surface area contributed by atoms with Crippen molar-refractivity contribution in [1.82, 2.24) is 0 Å². The van der Waals surface area contributed by atoms with Gasteiger partial charge in [0.1, 0.15) is 5.82 Å². The van der Waals surface area contributed by atoms with Crippen molar-refractivity contribution in [2.75, 3.05) is 12.4 Å². The number of anilines is 1. The summed E-state index contributed by atoms with van der Waals surface area (Å²) in [6.07, 6.45) is 7.11. The average Bonchev–Trinajstić information content (AvgIpc) is 3.11. The number of carbonyl (C=O) groups is 1. The molecule has 2 bridgehead atoms. The van der Waals surface area contributed by atoms with Crippen molar-refractivity contribution >= 4 is 11.7 Å². The fraction of sp³-hybridized carbons (Fsp3) is 0.471. The summed E-state index contributed by atoms with van der Waals surface area (Å²) in [5.41, 5.74) is 0.735. The van der Waals surface area contributed by atoms with Crippen molar-refractivity contribution < 1.29 is 13.9 Å². The van der Waals surface area contributed by atoms with Gasteiger partial charge in [-0.05, 0) is 55.7 Å². The highest BCUT2D eigenvalue weighted by atomic mass is 19.1. The molecule has 0 heterocycles. The van der Waals surface area contributed by atoms with Crippen molar-refractivity contribution in [2.45, 2.75) is 25.8 Å². The van der Waals surface area contributed by atoms with Crippen LogP contribution in [0.3, 0.4) is 0 Å². The van der Waals surface area contributed by atoms with Gasteiger partial charge in [-0.3, -0.25) is 0 Å². The molecule has 0 aromatic heterocycles. The second-order valence-corrected chi connectivity index (χ2v) is 6.06. The molecule has 0 radical (unpaired) electrons. The average molecular weight is 289 g/mol. The number of ether oxygens (including phenoxy) is 1. The van der Waals surface area contributed by atoms with E-state index in [1.807, 2.05) is 0 Å². The van der Waals surface area contributed by atoms with Crippen LogP contribution in [-0.2, 0) is 4.74 Å². The summed E-state index contributed by atoms with van der Waals surface area (Å²) in [7, 11) is 1.26. The highest BCUT2D eigenvalue weighted by molar-refractivity contribution is 5.90. The number of halogens is 1. The van der Waals surface area contributed by atoms with E-state index in [0.29, 0.717) is 17.9 Å². The lowest BCUT2D eigenvalue weighted by molar-refractivity contribution is 0.0595. The monoisotopic (exact) mass is 289 g/mol. The molecule has 112 valence electrons. The van der Waals surface area contributed by atoms with E-state index in [4.69, 9.17) is 0 Å². The Morgan fingerprint density at radius 1 is 1.38 bits per heavy atom. The largest absolute Gasteiger partial charge is 0.465 e. The number of allylic oxidation sites excluding steroid dienone is 2. The lowest BCUT2D eigenvalue weighted by atomic mass is 9.87. The van der Waals surface area contributed by atoms with E-state index in [1.54, 1.807) is 6.07 Å². The molecular weight excluding hydrogens is 269 g/mol. The minimum atomic E-state index is -0.647. The van der Waals surface area contributed by atoms with Crippen LogP contribution in [-0.4, -0.2) is 19.1 Å². The first-order chi connectivity index (χ1) is 10.1. The quantitative estimate of drug-likeness (QED) is 0.679. The summed E-state index contributed by atoms with van der Waals surface area (Å²) >= 11 is 0. The molecule has 4 unspecified atom stereocenters. The first-order valence-corrected chi connectivity index (χ1v) is 7.41. The fourth-order valence-electron chi connectivity index (χ4n) is 3.65. The van der Waals surface area contributed by atoms with E-state index in [2.05, 4.69) is 29.1 Å². The van der Waals surface area contributed by atoms with Crippen LogP contribution in [0.15, 0.2) is 30.4 Å². The van der Waals surface area contributed by atoms with Crippen molar-refractivity contribution in [3.05, 3.63) is 41.7 Å². The molecule has 2 aliphatic carbocycles. The molecule has 1 N–H and O–H groups in total. The van der Waals surface area contributed by atoms with Gasteiger partial charge in [-0.1, -0.05) is 12.2 Å². The van der Waals surface area contributed by atoms with Gasteiger partial charge in [0.15, 0.2) is 0 Å². The SMILES string of the molecule is COC(=O)c1cc(NC(C)C2CC3C=CC2C3)ccc1F. The third-order valence-corrected chi connectivity index (χ3v) is 4.74. The van der Waals surface area contributed by atoms with E-state index in [9.17, 15) is 9.18 Å². The predicted molar refractivity (Wildman–Crippen MR) is 79.7 cm³/mol. The molecule has 1 fully saturated rings. The molecule has 0 saturated heterocycles. The Kier molecular flexibility index (Phi) is 3.70. The van der Waals surface area contributed by atoms with Gasteiger partial charge in [-0.15, -0.1) is 0 Å². The number of nitrogens with one attached hydrogen (secondary N) is 1. The van der Waals surface area contributed by atoms with Crippen molar-refractivity contribution in [2.24, 2.45) is 17.8 Å². The second kappa shape index (κ2) is 5.51. The Balaban J connectivity index is 1.73. The van der Waals surface area contributed by atoms with E-state index < -0.39 is 11.8 Å². The number of rotatable bonds is 4. The zero-order valence-corrected chi connectivity index (χ0v) is 12.3. The van der Waals surface area contributed by atoms with Crippen LogP contribution in [0.1, 0.15) is 30.1 Å². The van der Waals surface area contributed by atoms with Crippen molar-refractivity contribution in [3.8, 4) is 0 Å². The topological polar surface area (TPSA) is 38.3 Å². The highest BCUT2D eigenvalue weighted by Crippen LogP contribution is 2.45. The summed E-state index contributed by atoms with van der Waals surface area (Å²) in [5.74, 6) is 0.780. The summed E-state index contributed by atoms with van der Waals surface area (Å²) in [6.45, 7) is 2.15. The zero-order valence-electron chi connectivity index (χ0n) is 12.3. The Morgan fingerprint density at radius 3 is 2.81 bits per heavy atom. The van der Waals surface area contributed by atoms with Gasteiger partial charge in [-0.2, -0.15) is 0 Å². The summed E-state index contributed by atoms with van der Waals surface area (Å²) in [5, 5.41) is 3.41. The minimum absolute atomic E-state index is 0.0254. The second-order valence-electron chi connectivity index (χ2n) is 6.06. The Morgan fingerprint density at radius 2 is 2.19 bits per heavy atom. The van der Waals surface area contributed by atoms with E-state index in [-0.39, 0.29) is 5.56 Å². The molecule has 0 amide bonds. The van der Waals surface area contributed by atoms with Crippen LogP contribution in [0.5, 0.6) is 0 Å². The van der Waals surface area contributed by atoms with Crippen LogP contribution in [0.4, 0.5) is 10.1 Å². The van der Waals surface area contributed by atoms with Gasteiger partial charge >= 0.3 is 5.97 Å². The standard InChI is InChI=1S/C17H20FNO2/c1-10(14-8-11-3-4-12(14)7-11)19-13-5-6-16(18)15(9-13)17(20)21-2/h3-6,9-12,14,19H,7-8H2,1-2H3. The number of esters is 1. The number of hydrogen-bond donors (Lipinski definition) is 1. The molecule has 3 rings (SSSR count). The molecule has 1 saturated carbocycles. The van der Waals surface area contributed by atoms with E-state index >= 15 is 0 Å². The van der Waals surface area contributed by atoms with Gasteiger partial charge < -0.3 is 10.1 Å². The summed E-state index contributed by atoms with van der Waals surface area (Å²) in [6, 6.07) is 4.80. The van der Waals surface area contributed by atoms with Crippen LogP contribution in [0.25, 0.3) is 0 Å². The fourth-order valence-corrected chi connectivity index (χ4v) is 3.65. The molecule has 21 heavy (non-hydrogen) atoms. The Bertz CT molecular complexity index is 584. The first kappa shape index (κ1) is 14.1. The number of methoxy groups -OCH3 is 1. The zero-order chi connectivity index (χ0) is 15.0. The van der Waals surface area contributed by atoms with Crippen molar-refractivity contribution in [3.63, 3.8) is 0 Å². The van der Waals surface area contributed by atoms with Crippen LogP contribution in [0, 0.1) is 23.6 Å². The van der Waals surface area contributed by atoms with Crippen LogP contribution in [0.2, 0.25) is 0 Å². The third kappa shape index (κ3) is 2.67. The van der Waals surface area contributed by atoms with E-state index in [0.717, 1.165) is 11.6 Å². The maximum absolute atomic E-state index is 13.6. The van der Waals surface area contributed by atoms with E-state index in [1.165, 1.54) is 32.1 Å². The molecule has 4 heteroatoms. The Hall–Kier alpha value is -1.84. The molecule has 1 aromatic carbocycles. The maximum Gasteiger partial charge on any atom is 0.340 e. The number of benzene rings is 1. The molecule has 3 nitrogen and oxygen atoms in total. The molecular formula is C17H20FNO2. The van der Waals surface area contributed by atoms with Crippen LogP contribution < -0.4 is 5.32 Å². The van der Waals surface area contributed by atoms with Crippen LogP contribution >= 0.6 is 0 Å². The minimum Gasteiger partial charge on any atom is -0.465 e. The normalized spacial score (nSPS) is 27.7. The number of carbonyl (C=O) groups excluding carboxylic acids is 1. The van der Waals surface area contributed by atoms with Gasteiger partial charge in [0, 0.05) is 11.7 Å². The lowest BCUT2D eigenvalue weighted by Gasteiger charge is -2.27. The number of hydrogen-bond acceptors (Lipinski definition) is 3. The van der Waals surface area contributed by atoms with Gasteiger partial charge in [0.2, 0.25) is 0 Å².